The van der Waals surface area contributed by atoms with E-state index in [0.29, 0.717) is 37.5 Å². The molecule has 204 valence electrons. The molecule has 40 heavy (non-hydrogen) atoms. The number of hydrogen-bond acceptors (Lipinski definition) is 5. The molecule has 6 rings (SSSR count). The first-order valence-electron chi connectivity index (χ1n) is 13.9. The van der Waals surface area contributed by atoms with E-state index in [2.05, 4.69) is 33.0 Å². The molecular weight excluding hydrogens is 566 g/mol. The molecular formula is C34H32BrNO4. The van der Waals surface area contributed by atoms with Crippen molar-refractivity contribution in [1.29, 1.82) is 0 Å². The number of benzene rings is 3. The highest BCUT2D eigenvalue weighted by atomic mass is 79.9. The second kappa shape index (κ2) is 11.5. The molecule has 0 spiro atoms. The van der Waals surface area contributed by atoms with E-state index in [1.165, 1.54) is 5.56 Å². The first kappa shape index (κ1) is 26.6. The summed E-state index contributed by atoms with van der Waals surface area (Å²) in [5, 5.41) is 0. The Kier molecular flexibility index (Phi) is 7.61. The van der Waals surface area contributed by atoms with Crippen molar-refractivity contribution in [2.75, 3.05) is 7.11 Å². The third-order valence-corrected chi connectivity index (χ3v) is 8.91. The summed E-state index contributed by atoms with van der Waals surface area (Å²) in [6.07, 6.45) is 4.35. The van der Waals surface area contributed by atoms with Gasteiger partial charge in [-0.3, -0.25) is 9.59 Å². The summed E-state index contributed by atoms with van der Waals surface area (Å²) in [6, 6.07) is 24.1. The summed E-state index contributed by atoms with van der Waals surface area (Å²) in [4.78, 5) is 29.5. The lowest BCUT2D eigenvalue weighted by Gasteiger charge is -2.44. The maximum absolute atomic E-state index is 13.6. The molecule has 0 radical (unpaired) electrons. The lowest BCUT2D eigenvalue weighted by Crippen LogP contribution is -2.38. The Morgan fingerprint density at radius 2 is 1.45 bits per heavy atom. The van der Waals surface area contributed by atoms with Gasteiger partial charge in [0.2, 0.25) is 0 Å². The number of hydrogen-bond donors (Lipinski definition) is 0. The van der Waals surface area contributed by atoms with Gasteiger partial charge in [-0.15, -0.1) is 0 Å². The van der Waals surface area contributed by atoms with Crippen LogP contribution in [-0.2, 0) is 22.7 Å². The van der Waals surface area contributed by atoms with Gasteiger partial charge in [0.25, 0.3) is 0 Å². The molecule has 0 atom stereocenters. The number of Topliss-reactive ketones (excluding diaryl/α,β-unsaturated/α-hetero) is 2. The molecule has 0 saturated heterocycles. The van der Waals surface area contributed by atoms with Gasteiger partial charge >= 0.3 is 0 Å². The highest BCUT2D eigenvalue weighted by Gasteiger charge is 2.43. The highest BCUT2D eigenvalue weighted by Crippen LogP contribution is 2.50. The van der Waals surface area contributed by atoms with Crippen LogP contribution in [0.25, 0.3) is 0 Å². The first-order valence-corrected chi connectivity index (χ1v) is 14.7. The smallest absolute Gasteiger partial charge is 0.161 e. The van der Waals surface area contributed by atoms with Gasteiger partial charge in [0.05, 0.1) is 7.11 Å². The quantitative estimate of drug-likeness (QED) is 0.280. The predicted molar refractivity (Wildman–Crippen MR) is 158 cm³/mol. The van der Waals surface area contributed by atoms with Gasteiger partial charge in [0, 0.05) is 57.9 Å². The van der Waals surface area contributed by atoms with E-state index >= 15 is 0 Å². The maximum Gasteiger partial charge on any atom is 0.161 e. The molecule has 1 heterocycles. The average molecular weight is 599 g/mol. The van der Waals surface area contributed by atoms with Crippen LogP contribution in [0.3, 0.4) is 0 Å². The van der Waals surface area contributed by atoms with Crippen LogP contribution < -0.4 is 9.47 Å². The Balaban J connectivity index is 1.42. The van der Waals surface area contributed by atoms with E-state index < -0.39 is 0 Å². The van der Waals surface area contributed by atoms with Crippen molar-refractivity contribution in [3.8, 4) is 11.5 Å². The molecule has 0 bridgehead atoms. The van der Waals surface area contributed by atoms with Crippen molar-refractivity contribution in [2.24, 2.45) is 0 Å². The average Bonchev–Trinajstić information content (AvgIpc) is 2.98. The van der Waals surface area contributed by atoms with Crippen molar-refractivity contribution in [2.45, 2.75) is 57.6 Å². The van der Waals surface area contributed by atoms with Crippen LogP contribution in [-0.4, -0.2) is 23.6 Å². The van der Waals surface area contributed by atoms with Crippen LogP contribution in [0.15, 0.2) is 99.8 Å². The Morgan fingerprint density at radius 1 is 0.800 bits per heavy atom. The van der Waals surface area contributed by atoms with E-state index in [1.54, 1.807) is 7.11 Å². The lowest BCUT2D eigenvalue weighted by molar-refractivity contribution is -0.117. The molecule has 3 aliphatic rings. The van der Waals surface area contributed by atoms with Gasteiger partial charge in [-0.05, 0) is 55.0 Å². The summed E-state index contributed by atoms with van der Waals surface area (Å²) >= 11 is 3.58. The Hall–Kier alpha value is -3.64. The largest absolute Gasteiger partial charge is 0.493 e. The van der Waals surface area contributed by atoms with Gasteiger partial charge in [0.1, 0.15) is 6.61 Å². The van der Waals surface area contributed by atoms with Crippen molar-refractivity contribution in [3.63, 3.8) is 0 Å². The van der Waals surface area contributed by atoms with E-state index in [0.717, 1.165) is 63.8 Å². The molecule has 3 aromatic carbocycles. The highest BCUT2D eigenvalue weighted by molar-refractivity contribution is 9.10. The van der Waals surface area contributed by atoms with Crippen LogP contribution in [0.2, 0.25) is 0 Å². The fourth-order valence-electron chi connectivity index (χ4n) is 6.26. The molecule has 5 nitrogen and oxygen atoms in total. The van der Waals surface area contributed by atoms with Crippen LogP contribution in [0.1, 0.15) is 61.1 Å². The Bertz CT molecular complexity index is 1480. The third kappa shape index (κ3) is 5.01. The van der Waals surface area contributed by atoms with Gasteiger partial charge in [-0.25, -0.2) is 0 Å². The summed E-state index contributed by atoms with van der Waals surface area (Å²) in [6.45, 7) is 1.05. The summed E-state index contributed by atoms with van der Waals surface area (Å²) in [5.41, 5.74) is 6.81. The summed E-state index contributed by atoms with van der Waals surface area (Å²) in [7, 11) is 1.62. The molecule has 0 N–H and O–H groups in total. The van der Waals surface area contributed by atoms with Gasteiger partial charge < -0.3 is 14.4 Å². The van der Waals surface area contributed by atoms with Crippen molar-refractivity contribution < 1.29 is 19.1 Å². The minimum atomic E-state index is -0.385. The number of nitrogens with zero attached hydrogens (tertiary/aromatic N) is 1. The molecule has 6 heteroatoms. The molecule has 1 aliphatic heterocycles. The Morgan fingerprint density at radius 3 is 2.10 bits per heavy atom. The molecule has 0 aromatic heterocycles. The molecule has 3 aromatic rings. The van der Waals surface area contributed by atoms with E-state index in [-0.39, 0.29) is 17.5 Å². The Labute approximate surface area is 243 Å². The number of rotatable bonds is 7. The number of carbonyl (C=O) groups is 2. The van der Waals surface area contributed by atoms with Crippen molar-refractivity contribution in [3.05, 3.63) is 116 Å². The fraction of sp³-hybridized carbons (Fsp3) is 0.294. The second-order valence-corrected chi connectivity index (χ2v) is 11.4. The van der Waals surface area contributed by atoms with Gasteiger partial charge in [-0.1, -0.05) is 70.5 Å². The minimum absolute atomic E-state index is 0.141. The maximum atomic E-state index is 13.6. The number of ether oxygens (including phenoxy) is 2. The van der Waals surface area contributed by atoms with Crippen LogP contribution >= 0.6 is 15.9 Å². The van der Waals surface area contributed by atoms with Gasteiger partial charge in [-0.2, -0.15) is 0 Å². The molecule has 2 aliphatic carbocycles. The second-order valence-electron chi connectivity index (χ2n) is 10.6. The number of allylic oxidation sites excluding steroid dienone is 4. The zero-order valence-electron chi connectivity index (χ0n) is 22.6. The SMILES string of the molecule is COc1cc(C2C3=C(CCCC3=O)N(Cc3ccccc3)C3=C2C(=O)CCC3)ccc1OCc1ccccc1Br. The molecule has 0 fully saturated rings. The van der Waals surface area contributed by atoms with Gasteiger partial charge in [0.15, 0.2) is 23.1 Å². The number of methoxy groups -OCH3 is 1. The van der Waals surface area contributed by atoms with E-state index in [4.69, 9.17) is 9.47 Å². The van der Waals surface area contributed by atoms with Crippen LogP contribution in [0, 0.1) is 0 Å². The number of carbonyl (C=O) groups excluding carboxylic acids is 2. The number of halogens is 1. The first-order chi connectivity index (χ1) is 19.5. The zero-order chi connectivity index (χ0) is 27.6. The lowest BCUT2D eigenvalue weighted by atomic mass is 9.71. The van der Waals surface area contributed by atoms with E-state index in [9.17, 15) is 9.59 Å². The molecule has 0 amide bonds. The standard InChI is InChI=1S/C34H32BrNO4/c1-39-31-19-23(17-18-30(31)40-21-24-11-5-6-12-25(24)35)32-33-26(13-7-15-28(33)37)36(20-22-9-3-2-4-10-22)27-14-8-16-29(38)34(27)32/h2-6,9-12,17-19,32H,7-8,13-16,20-21H2,1H3. The number of ketones is 2. The third-order valence-electron chi connectivity index (χ3n) is 8.13. The van der Waals surface area contributed by atoms with E-state index in [1.807, 2.05) is 60.7 Å². The van der Waals surface area contributed by atoms with Crippen molar-refractivity contribution in [1.82, 2.24) is 4.90 Å². The summed E-state index contributed by atoms with van der Waals surface area (Å²) in [5.74, 6) is 1.11. The van der Waals surface area contributed by atoms with Crippen LogP contribution in [0.4, 0.5) is 0 Å². The molecule has 0 saturated carbocycles. The summed E-state index contributed by atoms with van der Waals surface area (Å²) < 4.78 is 12.9. The zero-order valence-corrected chi connectivity index (χ0v) is 24.2. The predicted octanol–water partition coefficient (Wildman–Crippen LogP) is 7.65. The molecule has 0 unspecified atom stereocenters. The van der Waals surface area contributed by atoms with Crippen molar-refractivity contribution >= 4 is 27.5 Å². The van der Waals surface area contributed by atoms with Crippen LogP contribution in [0.5, 0.6) is 11.5 Å². The topological polar surface area (TPSA) is 55.8 Å². The fourth-order valence-corrected chi connectivity index (χ4v) is 6.66. The normalized spacial score (nSPS) is 17.6. The minimum Gasteiger partial charge on any atom is -0.493 e. The monoisotopic (exact) mass is 597 g/mol.